The molecule has 0 spiro atoms. The van der Waals surface area contributed by atoms with Gasteiger partial charge in [-0.1, -0.05) is 30.3 Å². The fraction of sp³-hybridized carbons (Fsp3) is 0.190. The minimum Gasteiger partial charge on any atom is -0.336 e. The van der Waals surface area contributed by atoms with Gasteiger partial charge in [-0.05, 0) is 41.1 Å². The van der Waals surface area contributed by atoms with E-state index in [1.54, 1.807) is 18.2 Å². The number of carbonyl (C=O) groups is 1. The summed E-state index contributed by atoms with van der Waals surface area (Å²) in [5, 5.41) is 1.77. The Hall–Kier alpha value is -2.84. The molecule has 0 unspecified atom stereocenters. The van der Waals surface area contributed by atoms with Gasteiger partial charge in [0.15, 0.2) is 0 Å². The van der Waals surface area contributed by atoms with E-state index in [4.69, 9.17) is 0 Å². The summed E-state index contributed by atoms with van der Waals surface area (Å²) >= 11 is 0. The third kappa shape index (κ3) is 3.73. The average molecular weight is 416 g/mol. The molecule has 0 N–H and O–H groups in total. The molecule has 4 rings (SSSR count). The zero-order valence-corrected chi connectivity index (χ0v) is 16.2. The molecule has 5 nitrogen and oxygen atoms in total. The second-order valence-electron chi connectivity index (χ2n) is 6.83. The van der Waals surface area contributed by atoms with Gasteiger partial charge in [-0.2, -0.15) is 4.31 Å². The maximum absolute atomic E-state index is 13.9. The number of rotatable bonds is 3. The van der Waals surface area contributed by atoms with E-state index in [-0.39, 0.29) is 36.6 Å². The van der Waals surface area contributed by atoms with Crippen molar-refractivity contribution in [2.45, 2.75) is 4.90 Å². The average Bonchev–Trinajstić information content (AvgIpc) is 2.74. The van der Waals surface area contributed by atoms with Crippen molar-refractivity contribution in [3.8, 4) is 0 Å². The van der Waals surface area contributed by atoms with E-state index in [1.807, 2.05) is 24.3 Å². The minimum absolute atomic E-state index is 0.0812. The first-order valence-corrected chi connectivity index (χ1v) is 10.5. The molecule has 0 bridgehead atoms. The molecule has 0 atom stereocenters. The molecule has 0 saturated carbocycles. The molecule has 1 aliphatic rings. The van der Waals surface area contributed by atoms with Crippen LogP contribution in [0.25, 0.3) is 10.8 Å². The zero-order chi connectivity index (χ0) is 20.6. The molecule has 150 valence electrons. The van der Waals surface area contributed by atoms with Crippen molar-refractivity contribution in [1.82, 2.24) is 9.21 Å². The van der Waals surface area contributed by atoms with E-state index < -0.39 is 27.6 Å². The summed E-state index contributed by atoms with van der Waals surface area (Å²) in [7, 11) is -3.72. The van der Waals surface area contributed by atoms with E-state index in [2.05, 4.69) is 0 Å². The summed E-state index contributed by atoms with van der Waals surface area (Å²) in [5.74, 6) is -2.15. The van der Waals surface area contributed by atoms with Crippen LogP contribution in [0.1, 0.15) is 10.4 Å². The maximum Gasteiger partial charge on any atom is 0.257 e. The van der Waals surface area contributed by atoms with Crippen molar-refractivity contribution >= 4 is 26.7 Å². The van der Waals surface area contributed by atoms with Crippen molar-refractivity contribution in [1.29, 1.82) is 0 Å². The molecule has 29 heavy (non-hydrogen) atoms. The van der Waals surface area contributed by atoms with Crippen molar-refractivity contribution < 1.29 is 22.0 Å². The van der Waals surface area contributed by atoms with Gasteiger partial charge in [0.25, 0.3) is 5.91 Å². The molecule has 1 amide bonds. The Labute approximate surface area is 167 Å². The smallest absolute Gasteiger partial charge is 0.257 e. The lowest BCUT2D eigenvalue weighted by molar-refractivity contribution is 0.0692. The molecule has 0 aromatic heterocycles. The van der Waals surface area contributed by atoms with Gasteiger partial charge in [-0.25, -0.2) is 17.2 Å². The number of amides is 1. The Morgan fingerprint density at radius 2 is 1.52 bits per heavy atom. The predicted octanol–water partition coefficient (Wildman–Crippen LogP) is 3.26. The normalized spacial score (nSPS) is 15.6. The van der Waals surface area contributed by atoms with E-state index in [0.717, 1.165) is 29.0 Å². The lowest BCUT2D eigenvalue weighted by atomic mass is 10.1. The van der Waals surface area contributed by atoms with Crippen LogP contribution >= 0.6 is 0 Å². The van der Waals surface area contributed by atoms with Gasteiger partial charge in [-0.3, -0.25) is 4.79 Å². The first-order valence-electron chi connectivity index (χ1n) is 9.09. The van der Waals surface area contributed by atoms with E-state index in [9.17, 15) is 22.0 Å². The third-order valence-electron chi connectivity index (χ3n) is 5.04. The van der Waals surface area contributed by atoms with Crippen LogP contribution in [-0.2, 0) is 10.0 Å². The summed E-state index contributed by atoms with van der Waals surface area (Å²) in [6, 6.07) is 15.1. The van der Waals surface area contributed by atoms with Crippen molar-refractivity contribution in [3.05, 3.63) is 77.9 Å². The van der Waals surface area contributed by atoms with Gasteiger partial charge in [0.05, 0.1) is 10.5 Å². The van der Waals surface area contributed by atoms with Crippen LogP contribution in [0, 0.1) is 11.6 Å². The van der Waals surface area contributed by atoms with Crippen LogP contribution < -0.4 is 0 Å². The van der Waals surface area contributed by atoms with Crippen LogP contribution in [0.5, 0.6) is 0 Å². The number of benzene rings is 3. The number of sulfonamides is 1. The Morgan fingerprint density at radius 1 is 0.828 bits per heavy atom. The first kappa shape index (κ1) is 19.5. The summed E-state index contributed by atoms with van der Waals surface area (Å²) in [4.78, 5) is 14.0. The number of fused-ring (bicyclic) bond motifs is 1. The summed E-state index contributed by atoms with van der Waals surface area (Å²) in [6.45, 7) is 0.360. The highest BCUT2D eigenvalue weighted by molar-refractivity contribution is 7.89. The topological polar surface area (TPSA) is 57.7 Å². The molecule has 1 fully saturated rings. The van der Waals surface area contributed by atoms with E-state index in [1.165, 1.54) is 9.21 Å². The summed E-state index contributed by atoms with van der Waals surface area (Å²) in [5.41, 5.74) is -0.351. The Balaban J connectivity index is 1.51. The lowest BCUT2D eigenvalue weighted by Gasteiger charge is -2.34. The largest absolute Gasteiger partial charge is 0.336 e. The number of carbonyl (C=O) groups excluding carboxylic acids is 1. The second-order valence-corrected chi connectivity index (χ2v) is 8.77. The number of hydrogen-bond donors (Lipinski definition) is 0. The Bertz CT molecular complexity index is 1190. The highest BCUT2D eigenvalue weighted by Gasteiger charge is 2.31. The second kappa shape index (κ2) is 7.53. The molecule has 0 aliphatic carbocycles. The Morgan fingerprint density at radius 3 is 2.24 bits per heavy atom. The molecule has 3 aromatic rings. The van der Waals surface area contributed by atoms with Gasteiger partial charge in [0.1, 0.15) is 11.6 Å². The molecule has 8 heteroatoms. The third-order valence-corrected chi connectivity index (χ3v) is 6.94. The molecule has 3 aromatic carbocycles. The van der Waals surface area contributed by atoms with Crippen LogP contribution in [-0.4, -0.2) is 49.7 Å². The highest BCUT2D eigenvalue weighted by Crippen LogP contribution is 2.23. The van der Waals surface area contributed by atoms with Crippen molar-refractivity contribution in [2.24, 2.45) is 0 Å². The van der Waals surface area contributed by atoms with Crippen LogP contribution in [0.2, 0.25) is 0 Å². The lowest BCUT2D eigenvalue weighted by Crippen LogP contribution is -2.50. The number of nitrogens with zero attached hydrogens (tertiary/aromatic N) is 2. The molecule has 1 heterocycles. The predicted molar refractivity (Wildman–Crippen MR) is 105 cm³/mol. The number of piperazine rings is 1. The fourth-order valence-electron chi connectivity index (χ4n) is 3.44. The summed E-state index contributed by atoms with van der Waals surface area (Å²) in [6.07, 6.45) is 0. The first-order chi connectivity index (χ1) is 13.9. The molecular formula is C21H18F2N2O3S. The van der Waals surface area contributed by atoms with Gasteiger partial charge < -0.3 is 4.90 Å². The highest BCUT2D eigenvalue weighted by atomic mass is 32.2. The number of hydrogen-bond acceptors (Lipinski definition) is 3. The van der Waals surface area contributed by atoms with Gasteiger partial charge in [0.2, 0.25) is 10.0 Å². The van der Waals surface area contributed by atoms with E-state index in [0.29, 0.717) is 0 Å². The molecule has 1 saturated heterocycles. The van der Waals surface area contributed by atoms with Crippen LogP contribution in [0.3, 0.4) is 0 Å². The molecule has 0 radical (unpaired) electrons. The SMILES string of the molecule is O=C(c1cc(F)ccc1F)N1CCN(S(=O)(=O)c2ccc3ccccc3c2)CC1. The van der Waals surface area contributed by atoms with Crippen molar-refractivity contribution in [3.63, 3.8) is 0 Å². The van der Waals surface area contributed by atoms with Gasteiger partial charge in [0, 0.05) is 26.2 Å². The number of halogens is 2. The fourth-order valence-corrected chi connectivity index (χ4v) is 4.90. The summed E-state index contributed by atoms with van der Waals surface area (Å²) < 4.78 is 54.5. The maximum atomic E-state index is 13.9. The standard InChI is InChI=1S/C21H18F2N2O3S/c22-17-6-8-20(23)19(14-17)21(26)24-9-11-25(12-10-24)29(27,28)18-7-5-15-3-1-2-4-16(15)13-18/h1-8,13-14H,9-12H2. The van der Waals surface area contributed by atoms with Crippen molar-refractivity contribution in [2.75, 3.05) is 26.2 Å². The quantitative estimate of drug-likeness (QED) is 0.659. The van der Waals surface area contributed by atoms with Crippen LogP contribution in [0.15, 0.2) is 65.6 Å². The zero-order valence-electron chi connectivity index (χ0n) is 15.4. The Kier molecular flexibility index (Phi) is 5.06. The van der Waals surface area contributed by atoms with Gasteiger partial charge in [-0.15, -0.1) is 0 Å². The van der Waals surface area contributed by atoms with E-state index >= 15 is 0 Å². The molecule has 1 aliphatic heterocycles. The minimum atomic E-state index is -3.72. The monoisotopic (exact) mass is 416 g/mol. The van der Waals surface area contributed by atoms with Crippen LogP contribution in [0.4, 0.5) is 8.78 Å². The molecular weight excluding hydrogens is 398 g/mol. The van der Waals surface area contributed by atoms with Gasteiger partial charge >= 0.3 is 0 Å².